The molecule has 1 aromatic rings. The van der Waals surface area contributed by atoms with Crippen LogP contribution < -0.4 is 14.2 Å². The molecule has 2 aliphatic rings. The number of carbonyl (C=O) groups excluding carboxylic acids is 3. The number of piperazine rings is 1. The monoisotopic (exact) mass is 1210 g/mol. The highest BCUT2D eigenvalue weighted by molar-refractivity contribution is 5.96. The van der Waals surface area contributed by atoms with Crippen molar-refractivity contribution in [3.63, 3.8) is 0 Å². The van der Waals surface area contributed by atoms with Crippen LogP contribution in [0.15, 0.2) is 12.1 Å². The number of nitrogens with zero attached hydrogens (tertiary/aromatic N) is 2. The van der Waals surface area contributed by atoms with Crippen LogP contribution in [0.4, 0.5) is 0 Å². The van der Waals surface area contributed by atoms with E-state index in [4.69, 9.17) is 23.7 Å². The summed E-state index contributed by atoms with van der Waals surface area (Å²) < 4.78 is 31.3. The largest absolute Gasteiger partial charge is 0.490 e. The van der Waals surface area contributed by atoms with Crippen LogP contribution in [0.1, 0.15) is 366 Å². The van der Waals surface area contributed by atoms with E-state index in [1.807, 2.05) is 24.0 Å². The number of ether oxygens (including phenoxy) is 5. The minimum Gasteiger partial charge on any atom is -0.490 e. The van der Waals surface area contributed by atoms with Crippen LogP contribution in [0, 0.1) is 0 Å². The number of hydrogen-bond donors (Lipinski definition) is 1. The molecule has 500 valence electrons. The quantitative estimate of drug-likeness (QED) is 0.0501. The van der Waals surface area contributed by atoms with Crippen LogP contribution in [0.3, 0.4) is 0 Å². The first kappa shape index (κ1) is 77.2. The summed E-state index contributed by atoms with van der Waals surface area (Å²) in [6.07, 6.45) is 62.5. The summed E-state index contributed by atoms with van der Waals surface area (Å²) in [4.78, 5) is 44.2. The maximum atomic E-state index is 14.5. The Labute approximate surface area is 529 Å². The Morgan fingerprint density at radius 2 is 0.733 bits per heavy atom. The fourth-order valence-corrected chi connectivity index (χ4v) is 12.7. The van der Waals surface area contributed by atoms with E-state index in [0.717, 1.165) is 38.5 Å². The molecule has 2 amide bonds. The predicted octanol–water partition coefficient (Wildman–Crippen LogP) is 20.8. The standard InChI is InChI=1S/C75H136N2O9/c1-5-8-11-14-17-20-23-26-29-32-35-38-41-44-47-50-59-82-69-63-67(75(81)77-57-55-76(56-58-77)72(79)53-54-73(80)86-68-62-66(4)85-71(68)65-78)64-70(83-60-51-48-45-42-39-36-33-30-27-24-21-18-15-12-9-6-2)74(69)84-61-52-49-46-43-40-37-34-31-28-25-22-19-16-13-10-7-3/h63-64,66,68,71,78H,5-62,65H2,1-4H3/t66-,68?,71+/m0/s1. The van der Waals surface area contributed by atoms with Crippen molar-refractivity contribution in [1.29, 1.82) is 0 Å². The number of unbranched alkanes of at least 4 members (excludes halogenated alkanes) is 45. The third-order valence-corrected chi connectivity index (χ3v) is 18.3. The van der Waals surface area contributed by atoms with Gasteiger partial charge in [0.05, 0.1) is 39.0 Å². The number of hydrogen-bond acceptors (Lipinski definition) is 9. The minimum atomic E-state index is -0.537. The molecule has 0 spiro atoms. The van der Waals surface area contributed by atoms with Crippen molar-refractivity contribution in [3.8, 4) is 17.2 Å². The molecule has 2 fully saturated rings. The third-order valence-electron chi connectivity index (χ3n) is 18.3. The number of rotatable bonds is 60. The molecular weight excluding hydrogens is 1070 g/mol. The van der Waals surface area contributed by atoms with Gasteiger partial charge in [0.1, 0.15) is 12.2 Å². The number of carbonyl (C=O) groups is 3. The molecule has 0 radical (unpaired) electrons. The number of esters is 1. The molecule has 0 saturated carbocycles. The number of amides is 2. The normalized spacial score (nSPS) is 16.1. The van der Waals surface area contributed by atoms with E-state index < -0.39 is 18.2 Å². The molecule has 86 heavy (non-hydrogen) atoms. The van der Waals surface area contributed by atoms with E-state index in [2.05, 4.69) is 20.8 Å². The zero-order chi connectivity index (χ0) is 61.6. The molecule has 0 aromatic heterocycles. The Kier molecular flexibility index (Phi) is 49.2. The summed E-state index contributed by atoms with van der Waals surface area (Å²) in [6, 6.07) is 3.75. The molecule has 0 bridgehead atoms. The van der Waals surface area contributed by atoms with Crippen molar-refractivity contribution in [1.82, 2.24) is 9.80 Å². The molecular formula is C75H136N2O9. The van der Waals surface area contributed by atoms with E-state index in [0.29, 0.717) is 75.2 Å². The van der Waals surface area contributed by atoms with Gasteiger partial charge < -0.3 is 38.6 Å². The second-order valence-electron chi connectivity index (χ2n) is 26.4. The van der Waals surface area contributed by atoms with Crippen LogP contribution in [0.2, 0.25) is 0 Å². The minimum absolute atomic E-state index is 0.0286. The summed E-state index contributed by atoms with van der Waals surface area (Å²) in [5.74, 6) is 1.07. The van der Waals surface area contributed by atoms with Crippen molar-refractivity contribution < 1.29 is 43.2 Å². The van der Waals surface area contributed by atoms with Crippen molar-refractivity contribution >= 4 is 17.8 Å². The van der Waals surface area contributed by atoms with Crippen LogP contribution in [-0.4, -0.2) is 104 Å². The van der Waals surface area contributed by atoms with Crippen LogP contribution in [-0.2, 0) is 19.1 Å². The molecule has 1 N–H and O–H groups in total. The topological polar surface area (TPSA) is 124 Å². The van der Waals surface area contributed by atoms with Gasteiger partial charge in [0, 0.05) is 44.6 Å². The molecule has 2 aliphatic heterocycles. The summed E-state index contributed by atoms with van der Waals surface area (Å²) in [5.41, 5.74) is 0.512. The van der Waals surface area contributed by atoms with Gasteiger partial charge in [-0.15, -0.1) is 0 Å². The first-order valence-corrected chi connectivity index (χ1v) is 37.4. The van der Waals surface area contributed by atoms with Gasteiger partial charge in [-0.05, 0) is 38.3 Å². The fourth-order valence-electron chi connectivity index (χ4n) is 12.7. The highest BCUT2D eigenvalue weighted by atomic mass is 16.6. The second kappa shape index (κ2) is 54.8. The first-order valence-electron chi connectivity index (χ1n) is 37.4. The van der Waals surface area contributed by atoms with Gasteiger partial charge in [0.2, 0.25) is 11.7 Å². The van der Waals surface area contributed by atoms with E-state index >= 15 is 0 Å². The molecule has 2 saturated heterocycles. The molecule has 1 aromatic carbocycles. The van der Waals surface area contributed by atoms with Crippen molar-refractivity contribution in [2.24, 2.45) is 0 Å². The Bertz CT molecular complexity index is 1690. The average molecular weight is 1210 g/mol. The summed E-state index contributed by atoms with van der Waals surface area (Å²) in [5, 5.41) is 9.66. The highest BCUT2D eigenvalue weighted by Crippen LogP contribution is 2.40. The number of aliphatic hydroxyl groups is 1. The van der Waals surface area contributed by atoms with Gasteiger partial charge in [-0.3, -0.25) is 14.4 Å². The van der Waals surface area contributed by atoms with Gasteiger partial charge in [-0.1, -0.05) is 310 Å². The molecule has 3 atom stereocenters. The SMILES string of the molecule is CCCCCCCCCCCCCCCCCCOc1cc(C(=O)N2CCN(C(=O)CCC(=O)OC3C[C@H](C)O[C@@H]3CO)CC2)cc(OCCCCCCCCCCCCCCCCCC)c1OCCCCCCCCCCCCCCCCCC. The van der Waals surface area contributed by atoms with Gasteiger partial charge in [0.25, 0.3) is 5.91 Å². The van der Waals surface area contributed by atoms with Crippen molar-refractivity contribution in [2.75, 3.05) is 52.6 Å². The van der Waals surface area contributed by atoms with Gasteiger partial charge in [0.15, 0.2) is 11.5 Å². The summed E-state index contributed by atoms with van der Waals surface area (Å²) >= 11 is 0. The van der Waals surface area contributed by atoms with Gasteiger partial charge >= 0.3 is 5.97 Å². The van der Waals surface area contributed by atoms with E-state index in [-0.39, 0.29) is 37.4 Å². The summed E-state index contributed by atoms with van der Waals surface area (Å²) in [6.45, 7) is 11.7. The van der Waals surface area contributed by atoms with Crippen molar-refractivity contribution in [2.45, 2.75) is 373 Å². The maximum absolute atomic E-state index is 14.5. The van der Waals surface area contributed by atoms with Gasteiger partial charge in [-0.2, -0.15) is 0 Å². The van der Waals surface area contributed by atoms with E-state index in [1.165, 1.54) is 270 Å². The zero-order valence-electron chi connectivity index (χ0n) is 56.7. The van der Waals surface area contributed by atoms with Gasteiger partial charge in [-0.25, -0.2) is 0 Å². The van der Waals surface area contributed by atoms with E-state index in [9.17, 15) is 19.5 Å². The lowest BCUT2D eigenvalue weighted by molar-refractivity contribution is -0.154. The Morgan fingerprint density at radius 1 is 0.430 bits per heavy atom. The Hall–Kier alpha value is -3.05. The maximum Gasteiger partial charge on any atom is 0.306 e. The lowest BCUT2D eigenvalue weighted by atomic mass is 10.0. The van der Waals surface area contributed by atoms with Crippen LogP contribution in [0.25, 0.3) is 0 Å². The Balaban J connectivity index is 1.58. The lowest BCUT2D eigenvalue weighted by Gasteiger charge is -2.35. The highest BCUT2D eigenvalue weighted by Gasteiger charge is 2.36. The first-order chi connectivity index (χ1) is 42.3. The average Bonchev–Trinajstić information content (AvgIpc) is 2.38. The Morgan fingerprint density at radius 3 is 1.06 bits per heavy atom. The number of aliphatic hydroxyl groups excluding tert-OH is 1. The summed E-state index contributed by atoms with van der Waals surface area (Å²) in [7, 11) is 0. The lowest BCUT2D eigenvalue weighted by Crippen LogP contribution is -2.50. The number of benzene rings is 1. The second-order valence-corrected chi connectivity index (χ2v) is 26.4. The molecule has 1 unspecified atom stereocenters. The predicted molar refractivity (Wildman–Crippen MR) is 359 cm³/mol. The van der Waals surface area contributed by atoms with E-state index in [1.54, 1.807) is 4.90 Å². The van der Waals surface area contributed by atoms with Crippen LogP contribution in [0.5, 0.6) is 17.2 Å². The molecule has 11 heteroatoms. The smallest absolute Gasteiger partial charge is 0.306 e. The fraction of sp³-hybridized carbons (Fsp3) is 0.880. The van der Waals surface area contributed by atoms with Crippen molar-refractivity contribution in [3.05, 3.63) is 17.7 Å². The molecule has 2 heterocycles. The zero-order valence-corrected chi connectivity index (χ0v) is 56.7. The molecule has 11 nitrogen and oxygen atoms in total. The molecule has 0 aliphatic carbocycles. The third kappa shape index (κ3) is 39.2. The van der Waals surface area contributed by atoms with Crippen LogP contribution >= 0.6 is 0 Å². The molecule has 3 rings (SSSR count).